The molecule has 2 heterocycles. The van der Waals surface area contributed by atoms with Crippen molar-refractivity contribution >= 4 is 34.6 Å². The Bertz CT molecular complexity index is 1030. The van der Waals surface area contributed by atoms with Crippen LogP contribution < -0.4 is 0 Å². The zero-order valence-electron chi connectivity index (χ0n) is 15.8. The van der Waals surface area contributed by atoms with Crippen LogP contribution in [0.2, 0.25) is 5.02 Å². The van der Waals surface area contributed by atoms with E-state index in [0.29, 0.717) is 16.4 Å². The molecule has 0 saturated carbocycles. The van der Waals surface area contributed by atoms with Crippen LogP contribution in [0.1, 0.15) is 56.1 Å². The third kappa shape index (κ3) is 3.34. The lowest BCUT2D eigenvalue weighted by molar-refractivity contribution is 0.446. The number of pyridine rings is 1. The first kappa shape index (κ1) is 18.1. The van der Waals surface area contributed by atoms with E-state index in [9.17, 15) is 5.11 Å². The molecule has 5 heteroatoms. The minimum Gasteiger partial charge on any atom is -0.507 e. The fourth-order valence-corrected chi connectivity index (χ4v) is 3.83. The number of rotatable bonds is 2. The lowest BCUT2D eigenvalue weighted by Gasteiger charge is -2.21. The summed E-state index contributed by atoms with van der Waals surface area (Å²) in [7, 11) is 0. The van der Waals surface area contributed by atoms with E-state index < -0.39 is 0 Å². The topological polar surface area (TPSA) is 58.6 Å². The number of phenolic OH excluding ortho intramolecular Hbond substituents is 1. The highest BCUT2D eigenvalue weighted by Crippen LogP contribution is 2.42. The Hall–Kier alpha value is -2.33. The second-order valence-electron chi connectivity index (χ2n) is 8.11. The van der Waals surface area contributed by atoms with Gasteiger partial charge in [0.05, 0.1) is 5.02 Å². The highest BCUT2D eigenvalue weighted by Gasteiger charge is 2.27. The molecule has 2 aromatic heterocycles. The maximum Gasteiger partial charge on any atom is 0.151 e. The molecule has 1 aliphatic rings. The minimum absolute atomic E-state index is 0.216. The average Bonchev–Trinajstić information content (AvgIpc) is 2.99. The van der Waals surface area contributed by atoms with E-state index in [1.165, 1.54) is 5.56 Å². The van der Waals surface area contributed by atoms with Crippen LogP contribution in [0, 0.1) is 0 Å². The molecule has 0 saturated heterocycles. The number of aromatic hydroxyl groups is 1. The molecule has 0 bridgehead atoms. The van der Waals surface area contributed by atoms with Gasteiger partial charge in [0, 0.05) is 40.9 Å². The molecule has 0 spiro atoms. The number of hydrogen-bond acceptors (Lipinski definition) is 4. The molecule has 1 aromatic carbocycles. The summed E-state index contributed by atoms with van der Waals surface area (Å²) in [6, 6.07) is 5.49. The highest BCUT2D eigenvalue weighted by molar-refractivity contribution is 6.30. The van der Waals surface area contributed by atoms with Crippen LogP contribution in [0.3, 0.4) is 0 Å². The molecule has 140 valence electrons. The summed E-state index contributed by atoms with van der Waals surface area (Å²) in [5, 5.41) is 12.6. The molecule has 0 unspecified atom stereocenters. The van der Waals surface area contributed by atoms with Crippen LogP contribution in [0.5, 0.6) is 5.75 Å². The molecule has 0 amide bonds. The van der Waals surface area contributed by atoms with Crippen molar-refractivity contribution in [1.29, 1.82) is 0 Å². The van der Waals surface area contributed by atoms with E-state index in [1.54, 1.807) is 24.5 Å². The Morgan fingerprint density at radius 3 is 2.70 bits per heavy atom. The van der Waals surface area contributed by atoms with Crippen molar-refractivity contribution in [2.75, 3.05) is 0 Å². The third-order valence-corrected chi connectivity index (χ3v) is 5.32. The fraction of sp³-hybridized carbons (Fsp3) is 0.364. The molecule has 0 radical (unpaired) electrons. The lowest BCUT2D eigenvalue weighted by atomic mass is 9.83. The van der Waals surface area contributed by atoms with Gasteiger partial charge < -0.3 is 9.52 Å². The average molecular weight is 383 g/mol. The molecule has 4 nitrogen and oxygen atoms in total. The quantitative estimate of drug-likeness (QED) is 0.543. The van der Waals surface area contributed by atoms with Crippen LogP contribution in [-0.4, -0.2) is 16.3 Å². The first-order valence-corrected chi connectivity index (χ1v) is 9.68. The van der Waals surface area contributed by atoms with Gasteiger partial charge in [-0.25, -0.2) is 9.98 Å². The van der Waals surface area contributed by atoms with Crippen LogP contribution in [0.25, 0.3) is 11.0 Å². The summed E-state index contributed by atoms with van der Waals surface area (Å²) < 4.78 is 6.18. The van der Waals surface area contributed by atoms with Crippen molar-refractivity contribution < 1.29 is 9.52 Å². The van der Waals surface area contributed by atoms with Crippen molar-refractivity contribution in [2.45, 2.75) is 51.9 Å². The van der Waals surface area contributed by atoms with Crippen molar-refractivity contribution in [2.24, 2.45) is 4.99 Å². The summed E-state index contributed by atoms with van der Waals surface area (Å²) in [5.74, 6) is 1.85. The summed E-state index contributed by atoms with van der Waals surface area (Å²) in [6.07, 6.45) is 7.46. The number of furan rings is 1. The smallest absolute Gasteiger partial charge is 0.151 e. The fourth-order valence-electron chi connectivity index (χ4n) is 3.72. The van der Waals surface area contributed by atoms with Gasteiger partial charge in [0.15, 0.2) is 5.82 Å². The Balaban J connectivity index is 1.94. The molecule has 1 aliphatic carbocycles. The first-order chi connectivity index (χ1) is 12.8. The number of phenols is 1. The van der Waals surface area contributed by atoms with Crippen LogP contribution in [0.15, 0.2) is 33.8 Å². The van der Waals surface area contributed by atoms with E-state index in [4.69, 9.17) is 16.0 Å². The molecule has 3 aromatic rings. The summed E-state index contributed by atoms with van der Waals surface area (Å²) in [6.45, 7) is 6.25. The largest absolute Gasteiger partial charge is 0.507 e. The number of aryl methyl sites for hydroxylation is 2. The Morgan fingerprint density at radius 2 is 2.00 bits per heavy atom. The van der Waals surface area contributed by atoms with Gasteiger partial charge >= 0.3 is 0 Å². The van der Waals surface area contributed by atoms with Gasteiger partial charge in [-0.15, -0.1) is 0 Å². The van der Waals surface area contributed by atoms with Crippen LogP contribution in [-0.2, 0) is 18.3 Å². The molecule has 0 atom stereocenters. The zero-order valence-corrected chi connectivity index (χ0v) is 16.6. The van der Waals surface area contributed by atoms with Gasteiger partial charge in [-0.3, -0.25) is 0 Å². The maximum atomic E-state index is 11.1. The lowest BCUT2D eigenvalue weighted by Crippen LogP contribution is -2.12. The first-order valence-electron chi connectivity index (χ1n) is 9.31. The van der Waals surface area contributed by atoms with Crippen LogP contribution in [0.4, 0.5) is 5.82 Å². The third-order valence-electron chi connectivity index (χ3n) is 5.10. The van der Waals surface area contributed by atoms with Gasteiger partial charge in [-0.2, -0.15) is 0 Å². The Labute approximate surface area is 163 Å². The second kappa shape index (κ2) is 6.68. The number of fused-ring (bicyclic) bond motifs is 3. The van der Waals surface area contributed by atoms with Crippen molar-refractivity contribution in [3.8, 4) is 5.75 Å². The van der Waals surface area contributed by atoms with E-state index in [-0.39, 0.29) is 11.2 Å². The SMILES string of the molecule is CC(C)(C)c1cc2oc3c(c2c(C=Nc2ccc(Cl)cn2)c1O)CCCC3. The van der Waals surface area contributed by atoms with Crippen molar-refractivity contribution in [3.63, 3.8) is 0 Å². The number of hydrogen-bond donors (Lipinski definition) is 1. The zero-order chi connectivity index (χ0) is 19.2. The normalized spacial score (nSPS) is 14.8. The van der Waals surface area contributed by atoms with E-state index in [2.05, 4.69) is 30.7 Å². The molecule has 4 rings (SSSR count). The maximum absolute atomic E-state index is 11.1. The Kier molecular flexibility index (Phi) is 4.47. The molecule has 1 N–H and O–H groups in total. The Morgan fingerprint density at radius 1 is 1.22 bits per heavy atom. The number of benzene rings is 1. The predicted octanol–water partition coefficient (Wildman–Crippen LogP) is 6.11. The molecular weight excluding hydrogens is 360 g/mol. The molecule has 27 heavy (non-hydrogen) atoms. The number of nitrogens with zero attached hydrogens (tertiary/aromatic N) is 2. The van der Waals surface area contributed by atoms with E-state index in [1.807, 2.05) is 6.07 Å². The monoisotopic (exact) mass is 382 g/mol. The molecule has 0 aliphatic heterocycles. The predicted molar refractivity (Wildman–Crippen MR) is 110 cm³/mol. The van der Waals surface area contributed by atoms with Gasteiger partial charge in [-0.05, 0) is 42.9 Å². The highest BCUT2D eigenvalue weighted by atomic mass is 35.5. The summed E-state index contributed by atoms with van der Waals surface area (Å²) in [4.78, 5) is 8.70. The van der Waals surface area contributed by atoms with Crippen molar-refractivity contribution in [3.05, 3.63) is 51.9 Å². The van der Waals surface area contributed by atoms with Gasteiger partial charge in [-0.1, -0.05) is 32.4 Å². The molecule has 0 fully saturated rings. The second-order valence-corrected chi connectivity index (χ2v) is 8.55. The van der Waals surface area contributed by atoms with Crippen molar-refractivity contribution in [1.82, 2.24) is 4.98 Å². The number of aromatic nitrogens is 1. The standard InChI is InChI=1S/C22H23ClN2O2/c1-22(2,3)16-10-18-20(14-6-4-5-7-17(14)27-18)15(21(16)26)12-25-19-9-8-13(23)11-24-19/h8-12,26H,4-7H2,1-3H3. The van der Waals surface area contributed by atoms with E-state index in [0.717, 1.165) is 48.0 Å². The van der Waals surface area contributed by atoms with Gasteiger partial charge in [0.2, 0.25) is 0 Å². The summed E-state index contributed by atoms with van der Waals surface area (Å²) in [5.41, 5.74) is 3.38. The number of aliphatic imine (C=N–C) groups is 1. The van der Waals surface area contributed by atoms with E-state index >= 15 is 0 Å². The van der Waals surface area contributed by atoms with Gasteiger partial charge in [0.25, 0.3) is 0 Å². The minimum atomic E-state index is -0.216. The van der Waals surface area contributed by atoms with Gasteiger partial charge in [0.1, 0.15) is 17.1 Å². The molecular formula is C22H23ClN2O2. The summed E-state index contributed by atoms with van der Waals surface area (Å²) >= 11 is 5.90. The number of halogens is 1. The van der Waals surface area contributed by atoms with Crippen LogP contribution >= 0.6 is 11.6 Å².